The first-order valence-electron chi connectivity index (χ1n) is 6.15. The first-order valence-corrected chi connectivity index (χ1v) is 6.94. The van der Waals surface area contributed by atoms with Gasteiger partial charge in [-0.3, -0.25) is 0 Å². The minimum atomic E-state index is 0.314. The van der Waals surface area contributed by atoms with Crippen LogP contribution in [0.5, 0.6) is 11.5 Å². The molecule has 3 nitrogen and oxygen atoms in total. The largest absolute Gasteiger partial charge is 0.495 e. The van der Waals surface area contributed by atoms with Crippen molar-refractivity contribution in [2.24, 2.45) is 5.41 Å². The fraction of sp³-hybridized carbons (Fsp3) is 0.571. The molecule has 1 fully saturated rings. The highest BCUT2D eigenvalue weighted by atomic mass is 79.9. The summed E-state index contributed by atoms with van der Waals surface area (Å²) >= 11 is 3.56. The van der Waals surface area contributed by atoms with Crippen LogP contribution < -0.4 is 14.8 Å². The zero-order valence-electron chi connectivity index (χ0n) is 11.3. The Kier molecular flexibility index (Phi) is 3.87. The fourth-order valence-corrected chi connectivity index (χ4v) is 3.20. The lowest BCUT2D eigenvalue weighted by Crippen LogP contribution is -2.25. The van der Waals surface area contributed by atoms with Gasteiger partial charge in [0.25, 0.3) is 0 Å². The number of nitrogens with one attached hydrogen (secondary N) is 1. The lowest BCUT2D eigenvalue weighted by molar-refractivity contribution is 0.351. The van der Waals surface area contributed by atoms with E-state index >= 15 is 0 Å². The number of ether oxygens (including phenoxy) is 2. The second-order valence-corrected chi connectivity index (χ2v) is 5.87. The van der Waals surface area contributed by atoms with Crippen molar-refractivity contribution in [2.75, 3.05) is 21.3 Å². The highest BCUT2D eigenvalue weighted by Gasteiger charge is 2.46. The van der Waals surface area contributed by atoms with Gasteiger partial charge in [0.1, 0.15) is 16.0 Å². The summed E-state index contributed by atoms with van der Waals surface area (Å²) in [5.74, 6) is 1.66. The first kappa shape index (κ1) is 13.7. The van der Waals surface area contributed by atoms with Gasteiger partial charge >= 0.3 is 0 Å². The fourth-order valence-electron chi connectivity index (χ4n) is 2.51. The van der Waals surface area contributed by atoms with Gasteiger partial charge in [-0.15, -0.1) is 0 Å². The summed E-state index contributed by atoms with van der Waals surface area (Å²) in [7, 11) is 5.37. The summed E-state index contributed by atoms with van der Waals surface area (Å²) in [6, 6.07) is 4.39. The van der Waals surface area contributed by atoms with Gasteiger partial charge in [-0.2, -0.15) is 0 Å². The molecule has 0 bridgehead atoms. The molecular formula is C14H20BrNO2. The number of benzene rings is 1. The maximum atomic E-state index is 5.56. The molecule has 4 heteroatoms. The monoisotopic (exact) mass is 313 g/mol. The molecule has 0 heterocycles. The van der Waals surface area contributed by atoms with Crippen LogP contribution in [0.2, 0.25) is 0 Å². The summed E-state index contributed by atoms with van der Waals surface area (Å²) in [4.78, 5) is 0. The van der Waals surface area contributed by atoms with Crippen molar-refractivity contribution < 1.29 is 9.47 Å². The molecule has 0 aliphatic heterocycles. The number of methoxy groups -OCH3 is 2. The molecule has 1 aliphatic rings. The summed E-state index contributed by atoms with van der Waals surface area (Å²) in [6.45, 7) is 2.31. The van der Waals surface area contributed by atoms with Crippen LogP contribution in [0.1, 0.15) is 31.4 Å². The molecule has 1 unspecified atom stereocenters. The van der Waals surface area contributed by atoms with Crippen molar-refractivity contribution in [1.29, 1.82) is 0 Å². The van der Waals surface area contributed by atoms with Crippen LogP contribution in [0.25, 0.3) is 0 Å². The van der Waals surface area contributed by atoms with Crippen LogP contribution in [0.15, 0.2) is 16.6 Å². The van der Waals surface area contributed by atoms with Gasteiger partial charge in [-0.25, -0.2) is 0 Å². The Labute approximate surface area is 117 Å². The van der Waals surface area contributed by atoms with E-state index in [4.69, 9.17) is 9.47 Å². The molecule has 0 radical (unpaired) electrons. The lowest BCUT2D eigenvalue weighted by Gasteiger charge is -2.26. The van der Waals surface area contributed by atoms with E-state index < -0.39 is 0 Å². The zero-order valence-corrected chi connectivity index (χ0v) is 12.9. The third-order valence-corrected chi connectivity index (χ3v) is 4.60. The van der Waals surface area contributed by atoms with Gasteiger partial charge in [-0.05, 0) is 53.4 Å². The standard InChI is InChI=1S/C14H20BrNO2/c1-14(7-8-14)13(16-2)9-5-6-10(17-3)11(15)12(9)18-4/h5-6,13,16H,7-8H2,1-4H3. The Hall–Kier alpha value is -0.740. The predicted octanol–water partition coefficient (Wildman–Crippen LogP) is 3.53. The molecule has 1 saturated carbocycles. The Bertz CT molecular complexity index is 444. The van der Waals surface area contributed by atoms with E-state index in [2.05, 4.69) is 34.2 Å². The number of rotatable bonds is 5. The number of hydrogen-bond acceptors (Lipinski definition) is 3. The number of hydrogen-bond donors (Lipinski definition) is 1. The van der Waals surface area contributed by atoms with Crippen LogP contribution in [0, 0.1) is 5.41 Å². The second kappa shape index (κ2) is 5.10. The first-order chi connectivity index (χ1) is 8.57. The van der Waals surface area contributed by atoms with Crippen molar-refractivity contribution in [1.82, 2.24) is 5.32 Å². The highest BCUT2D eigenvalue weighted by molar-refractivity contribution is 9.10. The quantitative estimate of drug-likeness (QED) is 0.902. The molecule has 1 aliphatic carbocycles. The molecule has 18 heavy (non-hydrogen) atoms. The Morgan fingerprint density at radius 1 is 1.28 bits per heavy atom. The highest BCUT2D eigenvalue weighted by Crippen LogP contribution is 2.56. The summed E-state index contributed by atoms with van der Waals surface area (Å²) < 4.78 is 11.8. The van der Waals surface area contributed by atoms with Gasteiger partial charge in [0.2, 0.25) is 0 Å². The summed E-state index contributed by atoms with van der Waals surface area (Å²) in [5.41, 5.74) is 1.53. The van der Waals surface area contributed by atoms with Crippen molar-refractivity contribution in [3.8, 4) is 11.5 Å². The van der Waals surface area contributed by atoms with Crippen molar-refractivity contribution >= 4 is 15.9 Å². The topological polar surface area (TPSA) is 30.5 Å². The van der Waals surface area contributed by atoms with Gasteiger partial charge in [0, 0.05) is 11.6 Å². The van der Waals surface area contributed by atoms with Gasteiger partial charge in [0.05, 0.1) is 14.2 Å². The molecule has 1 aromatic rings. The van der Waals surface area contributed by atoms with Gasteiger partial charge in [-0.1, -0.05) is 6.92 Å². The Balaban J connectivity index is 2.46. The molecule has 0 amide bonds. The van der Waals surface area contributed by atoms with Crippen LogP contribution >= 0.6 is 15.9 Å². The average Bonchev–Trinajstić information content (AvgIpc) is 3.09. The van der Waals surface area contributed by atoms with Crippen molar-refractivity contribution in [2.45, 2.75) is 25.8 Å². The number of halogens is 1. The molecular weight excluding hydrogens is 294 g/mol. The Morgan fingerprint density at radius 3 is 2.39 bits per heavy atom. The minimum absolute atomic E-state index is 0.314. The van der Waals surface area contributed by atoms with Crippen molar-refractivity contribution in [3.63, 3.8) is 0 Å². The van der Waals surface area contributed by atoms with E-state index in [1.54, 1.807) is 14.2 Å². The molecule has 100 valence electrons. The molecule has 1 aromatic carbocycles. The summed E-state index contributed by atoms with van der Waals surface area (Å²) in [5, 5.41) is 3.42. The molecule has 0 aromatic heterocycles. The van der Waals surface area contributed by atoms with Crippen LogP contribution in [0.3, 0.4) is 0 Å². The Morgan fingerprint density at radius 2 is 1.94 bits per heavy atom. The molecule has 1 atom stereocenters. The maximum absolute atomic E-state index is 5.56. The summed E-state index contributed by atoms with van der Waals surface area (Å²) in [6.07, 6.45) is 2.51. The molecule has 1 N–H and O–H groups in total. The molecule has 2 rings (SSSR count). The molecule has 0 spiro atoms. The van der Waals surface area contributed by atoms with Crippen molar-refractivity contribution in [3.05, 3.63) is 22.2 Å². The third-order valence-electron chi connectivity index (χ3n) is 3.85. The zero-order chi connectivity index (χ0) is 13.3. The smallest absolute Gasteiger partial charge is 0.141 e. The lowest BCUT2D eigenvalue weighted by atomic mass is 9.91. The van der Waals surface area contributed by atoms with Crippen LogP contribution in [-0.4, -0.2) is 21.3 Å². The van der Waals surface area contributed by atoms with E-state index in [-0.39, 0.29) is 0 Å². The van der Waals surface area contributed by atoms with Gasteiger partial charge < -0.3 is 14.8 Å². The maximum Gasteiger partial charge on any atom is 0.141 e. The third kappa shape index (κ3) is 2.24. The van der Waals surface area contributed by atoms with E-state index in [1.165, 1.54) is 18.4 Å². The van der Waals surface area contributed by atoms with E-state index in [0.717, 1.165) is 16.0 Å². The van der Waals surface area contributed by atoms with Crippen LogP contribution in [-0.2, 0) is 0 Å². The van der Waals surface area contributed by atoms with Crippen LogP contribution in [0.4, 0.5) is 0 Å². The van der Waals surface area contributed by atoms with E-state index in [0.29, 0.717) is 11.5 Å². The molecule has 0 saturated heterocycles. The normalized spacial score (nSPS) is 18.3. The second-order valence-electron chi connectivity index (χ2n) is 5.08. The van der Waals surface area contributed by atoms with E-state index in [1.807, 2.05) is 13.1 Å². The van der Waals surface area contributed by atoms with E-state index in [9.17, 15) is 0 Å². The van der Waals surface area contributed by atoms with Gasteiger partial charge in [0.15, 0.2) is 0 Å². The average molecular weight is 314 g/mol. The predicted molar refractivity (Wildman–Crippen MR) is 76.4 cm³/mol. The SMILES string of the molecule is CNC(c1ccc(OC)c(Br)c1OC)C1(C)CC1. The minimum Gasteiger partial charge on any atom is -0.495 e.